The topological polar surface area (TPSA) is 49.4 Å². The van der Waals surface area contributed by atoms with Crippen LogP contribution in [-0.4, -0.2) is 23.4 Å². The van der Waals surface area contributed by atoms with Gasteiger partial charge in [0, 0.05) is 4.47 Å². The first-order chi connectivity index (χ1) is 10.1. The van der Waals surface area contributed by atoms with Crippen molar-refractivity contribution in [1.82, 2.24) is 5.32 Å². The third kappa shape index (κ3) is 2.37. The first-order valence-corrected chi connectivity index (χ1v) is 8.25. The van der Waals surface area contributed by atoms with Crippen LogP contribution in [0, 0.1) is 0 Å². The molecule has 1 saturated carbocycles. The highest BCUT2D eigenvalue weighted by Gasteiger charge is 2.50. The molecular weight excluding hydrogens is 332 g/mol. The van der Waals surface area contributed by atoms with Gasteiger partial charge >= 0.3 is 0 Å². The van der Waals surface area contributed by atoms with Gasteiger partial charge in [-0.3, -0.25) is 14.5 Å². The molecule has 1 heterocycles. The molecule has 1 N–H and O–H groups in total. The van der Waals surface area contributed by atoms with Crippen LogP contribution in [0.25, 0.3) is 0 Å². The van der Waals surface area contributed by atoms with Crippen LogP contribution in [0.4, 0.5) is 5.69 Å². The molecule has 0 aromatic heterocycles. The number of carbonyl (C=O) groups is 2. The molecule has 0 radical (unpaired) electrons. The van der Waals surface area contributed by atoms with Gasteiger partial charge in [-0.15, -0.1) is 0 Å². The highest BCUT2D eigenvalue weighted by Crippen LogP contribution is 2.37. The zero-order valence-corrected chi connectivity index (χ0v) is 13.6. The number of nitrogens with one attached hydrogen (secondary N) is 1. The van der Waals surface area contributed by atoms with Crippen LogP contribution in [0.3, 0.4) is 0 Å². The van der Waals surface area contributed by atoms with E-state index in [0.717, 1.165) is 42.3 Å². The number of halogens is 1. The van der Waals surface area contributed by atoms with E-state index in [2.05, 4.69) is 21.2 Å². The van der Waals surface area contributed by atoms with Gasteiger partial charge in [-0.25, -0.2) is 0 Å². The van der Waals surface area contributed by atoms with Gasteiger partial charge in [0.25, 0.3) is 5.91 Å². The van der Waals surface area contributed by atoms with E-state index in [1.807, 2.05) is 24.3 Å². The van der Waals surface area contributed by atoms with Gasteiger partial charge in [0.15, 0.2) is 0 Å². The van der Waals surface area contributed by atoms with E-state index in [1.54, 1.807) is 11.8 Å². The summed E-state index contributed by atoms with van der Waals surface area (Å²) in [6.45, 7) is 1.78. The minimum Gasteiger partial charge on any atom is -0.340 e. The van der Waals surface area contributed by atoms with Crippen molar-refractivity contribution in [3.05, 3.63) is 28.7 Å². The predicted octanol–water partition coefficient (Wildman–Crippen LogP) is 3.00. The van der Waals surface area contributed by atoms with Gasteiger partial charge in [0.1, 0.15) is 11.6 Å². The second-order valence-electron chi connectivity index (χ2n) is 5.93. The van der Waals surface area contributed by atoms with Crippen LogP contribution in [0.1, 0.15) is 39.0 Å². The summed E-state index contributed by atoms with van der Waals surface area (Å²) in [6.07, 6.45) is 4.60. The monoisotopic (exact) mass is 350 g/mol. The lowest BCUT2D eigenvalue weighted by Gasteiger charge is -2.47. The maximum absolute atomic E-state index is 13.1. The normalized spacial score (nSPS) is 25.0. The number of hydrogen-bond acceptors (Lipinski definition) is 2. The van der Waals surface area contributed by atoms with Crippen molar-refractivity contribution in [2.24, 2.45) is 0 Å². The molecule has 1 saturated heterocycles. The fourth-order valence-electron chi connectivity index (χ4n) is 3.38. The first-order valence-electron chi connectivity index (χ1n) is 7.45. The second kappa shape index (κ2) is 5.44. The molecule has 3 rings (SSSR count). The van der Waals surface area contributed by atoms with Crippen LogP contribution < -0.4 is 10.2 Å². The predicted molar refractivity (Wildman–Crippen MR) is 85.0 cm³/mol. The Hall–Kier alpha value is -1.36. The molecule has 2 fully saturated rings. The van der Waals surface area contributed by atoms with Gasteiger partial charge in [0.05, 0.1) is 5.69 Å². The number of amides is 2. The molecule has 1 aromatic carbocycles. The van der Waals surface area contributed by atoms with E-state index in [4.69, 9.17) is 0 Å². The summed E-state index contributed by atoms with van der Waals surface area (Å²) >= 11 is 3.49. The molecule has 1 aliphatic carbocycles. The van der Waals surface area contributed by atoms with Crippen molar-refractivity contribution in [3.8, 4) is 0 Å². The lowest BCUT2D eigenvalue weighted by Crippen LogP contribution is -2.70. The Bertz CT molecular complexity index is 581. The molecular formula is C16H19BrN2O2. The van der Waals surface area contributed by atoms with Crippen LogP contribution in [0.2, 0.25) is 0 Å². The molecule has 1 aromatic rings. The van der Waals surface area contributed by atoms with Crippen molar-refractivity contribution in [2.75, 3.05) is 4.90 Å². The van der Waals surface area contributed by atoms with Crippen molar-refractivity contribution in [1.29, 1.82) is 0 Å². The van der Waals surface area contributed by atoms with Gasteiger partial charge in [0.2, 0.25) is 5.91 Å². The molecule has 1 aliphatic heterocycles. The zero-order valence-electron chi connectivity index (χ0n) is 12.1. The number of anilines is 1. The number of benzene rings is 1. The smallest absolute Gasteiger partial charge is 0.253 e. The number of hydrogen-bond donors (Lipinski definition) is 1. The summed E-state index contributed by atoms with van der Waals surface area (Å²) in [6, 6.07) is 7.09. The van der Waals surface area contributed by atoms with Gasteiger partial charge < -0.3 is 5.32 Å². The fourth-order valence-corrected chi connectivity index (χ4v) is 3.85. The Balaban J connectivity index is 2.03. The SMILES string of the molecule is CC1C(=O)NC2(CCCCC2)C(=O)N1c1ccccc1Br. The Morgan fingerprint density at radius 1 is 1.19 bits per heavy atom. The fraction of sp³-hybridized carbons (Fsp3) is 0.500. The largest absolute Gasteiger partial charge is 0.340 e. The number of para-hydroxylation sites is 1. The summed E-state index contributed by atoms with van der Waals surface area (Å²) < 4.78 is 0.839. The average molecular weight is 351 g/mol. The molecule has 4 nitrogen and oxygen atoms in total. The van der Waals surface area contributed by atoms with E-state index in [0.29, 0.717) is 0 Å². The summed E-state index contributed by atoms with van der Waals surface area (Å²) in [5.74, 6) is -0.0338. The third-order valence-electron chi connectivity index (χ3n) is 4.58. The van der Waals surface area contributed by atoms with Crippen molar-refractivity contribution in [2.45, 2.75) is 50.6 Å². The second-order valence-corrected chi connectivity index (χ2v) is 6.79. The molecule has 1 atom stereocenters. The Kier molecular flexibility index (Phi) is 3.78. The minimum absolute atomic E-state index is 0.0289. The summed E-state index contributed by atoms with van der Waals surface area (Å²) in [4.78, 5) is 27.2. The maximum atomic E-state index is 13.1. The van der Waals surface area contributed by atoms with E-state index >= 15 is 0 Å². The summed E-state index contributed by atoms with van der Waals surface area (Å²) in [5.41, 5.74) is 0.0757. The van der Waals surface area contributed by atoms with Crippen LogP contribution >= 0.6 is 15.9 Å². The highest BCUT2D eigenvalue weighted by atomic mass is 79.9. The van der Waals surface area contributed by atoms with Crippen LogP contribution in [0.15, 0.2) is 28.7 Å². The van der Waals surface area contributed by atoms with Crippen molar-refractivity contribution in [3.63, 3.8) is 0 Å². The molecule has 21 heavy (non-hydrogen) atoms. The number of carbonyl (C=O) groups excluding carboxylic acids is 2. The first kappa shape index (κ1) is 14.6. The lowest BCUT2D eigenvalue weighted by molar-refractivity contribution is -0.139. The molecule has 1 unspecified atom stereocenters. The van der Waals surface area contributed by atoms with Crippen molar-refractivity contribution < 1.29 is 9.59 Å². The van der Waals surface area contributed by atoms with E-state index in [9.17, 15) is 9.59 Å². The minimum atomic E-state index is -0.697. The maximum Gasteiger partial charge on any atom is 0.253 e. The van der Waals surface area contributed by atoms with Crippen molar-refractivity contribution >= 4 is 33.4 Å². The average Bonchev–Trinajstić information content (AvgIpc) is 2.48. The van der Waals surface area contributed by atoms with E-state index in [1.165, 1.54) is 0 Å². The quantitative estimate of drug-likeness (QED) is 0.846. The van der Waals surface area contributed by atoms with Gasteiger partial charge in [-0.1, -0.05) is 31.4 Å². The Morgan fingerprint density at radius 3 is 2.52 bits per heavy atom. The molecule has 2 aliphatic rings. The lowest BCUT2D eigenvalue weighted by atomic mass is 9.78. The van der Waals surface area contributed by atoms with Crippen LogP contribution in [0.5, 0.6) is 0 Å². The Morgan fingerprint density at radius 2 is 1.86 bits per heavy atom. The molecule has 5 heteroatoms. The number of rotatable bonds is 1. The molecule has 0 bridgehead atoms. The standard InChI is InChI=1S/C16H19BrN2O2/c1-11-14(20)18-16(9-5-2-6-10-16)15(21)19(11)13-8-4-3-7-12(13)17/h3-4,7-8,11H,2,5-6,9-10H2,1H3,(H,18,20). The van der Waals surface area contributed by atoms with E-state index < -0.39 is 11.6 Å². The van der Waals surface area contributed by atoms with E-state index in [-0.39, 0.29) is 11.8 Å². The Labute approximate surface area is 133 Å². The van der Waals surface area contributed by atoms with Gasteiger partial charge in [-0.2, -0.15) is 0 Å². The van der Waals surface area contributed by atoms with Gasteiger partial charge in [-0.05, 0) is 47.8 Å². The molecule has 2 amide bonds. The summed E-state index contributed by atoms with van der Waals surface area (Å²) in [7, 11) is 0. The highest BCUT2D eigenvalue weighted by molar-refractivity contribution is 9.10. The number of piperazine rings is 1. The number of nitrogens with zero attached hydrogens (tertiary/aromatic N) is 1. The zero-order chi connectivity index (χ0) is 15.0. The molecule has 1 spiro atoms. The third-order valence-corrected chi connectivity index (χ3v) is 5.25. The summed E-state index contributed by atoms with van der Waals surface area (Å²) in [5, 5.41) is 3.01. The molecule has 112 valence electrons. The van der Waals surface area contributed by atoms with Crippen LogP contribution in [-0.2, 0) is 9.59 Å².